The van der Waals surface area contributed by atoms with E-state index in [2.05, 4.69) is 15.0 Å². The molecule has 2 aromatic rings. The molecule has 1 atom stereocenters. The number of rotatable bonds is 8. The number of benzene rings is 1. The molecule has 2 rings (SSSR count). The Balaban J connectivity index is 1.99. The zero-order chi connectivity index (χ0) is 18.3. The molecule has 0 fully saturated rings. The van der Waals surface area contributed by atoms with Gasteiger partial charge in [-0.3, -0.25) is 9.78 Å². The number of nitrogens with zero attached hydrogens (tertiary/aromatic N) is 1. The summed E-state index contributed by atoms with van der Waals surface area (Å²) in [4.78, 5) is 27.0. The molecule has 1 aromatic carbocycles. The van der Waals surface area contributed by atoms with E-state index in [1.54, 1.807) is 31.2 Å². The van der Waals surface area contributed by atoms with Crippen LogP contribution in [-0.4, -0.2) is 31.6 Å². The summed E-state index contributed by atoms with van der Waals surface area (Å²) in [5.74, 6) is -0.400. The lowest BCUT2D eigenvalue weighted by Crippen LogP contribution is -2.35. The molecule has 132 valence electrons. The largest absolute Gasteiger partial charge is 0.342 e. The van der Waals surface area contributed by atoms with E-state index in [4.69, 9.17) is 0 Å². The zero-order valence-corrected chi connectivity index (χ0v) is 14.5. The first-order chi connectivity index (χ1) is 12.0. The smallest absolute Gasteiger partial charge is 0.253 e. The third-order valence-electron chi connectivity index (χ3n) is 3.50. The maximum Gasteiger partial charge on any atom is 0.253 e. The second kappa shape index (κ2) is 8.50. The van der Waals surface area contributed by atoms with Crippen molar-refractivity contribution in [3.05, 3.63) is 59.9 Å². The van der Waals surface area contributed by atoms with Gasteiger partial charge in [0.25, 0.3) is 5.91 Å². The van der Waals surface area contributed by atoms with Crippen LogP contribution in [0.15, 0.2) is 53.6 Å². The minimum absolute atomic E-state index is 0.00501. The molecule has 0 aliphatic carbocycles. The van der Waals surface area contributed by atoms with Crippen molar-refractivity contribution < 1.29 is 18.0 Å². The maximum absolute atomic E-state index is 12.1. The van der Waals surface area contributed by atoms with Crippen LogP contribution in [0.2, 0.25) is 0 Å². The predicted molar refractivity (Wildman–Crippen MR) is 92.3 cm³/mol. The number of sulfonamides is 1. The number of hydrogen-bond acceptors (Lipinski definition) is 5. The third kappa shape index (κ3) is 5.20. The van der Waals surface area contributed by atoms with Crippen LogP contribution in [0.4, 0.5) is 0 Å². The number of pyridine rings is 1. The Hall–Kier alpha value is -2.58. The molecule has 0 aliphatic heterocycles. The summed E-state index contributed by atoms with van der Waals surface area (Å²) in [6.45, 7) is 1.80. The van der Waals surface area contributed by atoms with E-state index >= 15 is 0 Å². The minimum Gasteiger partial charge on any atom is -0.342 e. The lowest BCUT2D eigenvalue weighted by Gasteiger charge is -2.10. The van der Waals surface area contributed by atoms with Crippen LogP contribution in [0.1, 0.15) is 29.4 Å². The summed E-state index contributed by atoms with van der Waals surface area (Å²) >= 11 is 0. The van der Waals surface area contributed by atoms with Gasteiger partial charge in [0.05, 0.1) is 28.7 Å². The number of amides is 1. The summed E-state index contributed by atoms with van der Waals surface area (Å²) in [6.07, 6.45) is 2.53. The van der Waals surface area contributed by atoms with Crippen LogP contribution in [-0.2, 0) is 21.4 Å². The molecule has 0 saturated heterocycles. The molecule has 0 bridgehead atoms. The second-order valence-corrected chi connectivity index (χ2v) is 7.07. The fourth-order valence-electron chi connectivity index (χ4n) is 2.00. The normalized spacial score (nSPS) is 12.4. The summed E-state index contributed by atoms with van der Waals surface area (Å²) < 4.78 is 26.7. The topological polar surface area (TPSA) is 105 Å². The number of carbonyl (C=O) groups excluding carboxylic acids is 2. The minimum atomic E-state index is -3.62. The number of nitrogens with one attached hydrogen (secondary N) is 2. The highest BCUT2D eigenvalue weighted by molar-refractivity contribution is 7.89. The van der Waals surface area contributed by atoms with E-state index < -0.39 is 22.0 Å². The van der Waals surface area contributed by atoms with Gasteiger partial charge in [0, 0.05) is 6.20 Å². The third-order valence-corrected chi connectivity index (χ3v) is 4.92. The SMILES string of the molecule is CCC(C=O)NC(=O)c1ccc(CNS(=O)(=O)c2ccccc2)nc1. The van der Waals surface area contributed by atoms with Gasteiger partial charge in [-0.2, -0.15) is 0 Å². The van der Waals surface area contributed by atoms with Gasteiger partial charge in [-0.05, 0) is 30.7 Å². The van der Waals surface area contributed by atoms with Gasteiger partial charge < -0.3 is 10.1 Å². The van der Waals surface area contributed by atoms with E-state index in [1.165, 1.54) is 24.4 Å². The molecule has 2 N–H and O–H groups in total. The fraction of sp³-hybridized carbons (Fsp3) is 0.235. The molecule has 7 nitrogen and oxygen atoms in total. The van der Waals surface area contributed by atoms with Crippen molar-refractivity contribution in [2.24, 2.45) is 0 Å². The van der Waals surface area contributed by atoms with Crippen molar-refractivity contribution in [3.63, 3.8) is 0 Å². The lowest BCUT2D eigenvalue weighted by atomic mass is 10.2. The molecule has 8 heteroatoms. The summed E-state index contributed by atoms with van der Waals surface area (Å²) in [5.41, 5.74) is 0.772. The van der Waals surface area contributed by atoms with E-state index in [0.29, 0.717) is 24.0 Å². The first-order valence-corrected chi connectivity index (χ1v) is 9.20. The highest BCUT2D eigenvalue weighted by atomic mass is 32.2. The van der Waals surface area contributed by atoms with Crippen molar-refractivity contribution in [2.45, 2.75) is 30.8 Å². The highest BCUT2D eigenvalue weighted by Crippen LogP contribution is 2.08. The van der Waals surface area contributed by atoms with Gasteiger partial charge >= 0.3 is 0 Å². The predicted octanol–water partition coefficient (Wildman–Crippen LogP) is 1.27. The Labute approximate surface area is 146 Å². The molecule has 1 heterocycles. The standard InChI is InChI=1S/C17H19N3O4S/c1-2-14(12-21)20-17(22)13-8-9-15(18-10-13)11-19-25(23,24)16-6-4-3-5-7-16/h3-10,12,14,19H,2,11H2,1H3,(H,20,22). The van der Waals surface area contributed by atoms with Crippen molar-refractivity contribution in [2.75, 3.05) is 0 Å². The number of aromatic nitrogens is 1. The zero-order valence-electron chi connectivity index (χ0n) is 13.7. The van der Waals surface area contributed by atoms with Crippen LogP contribution in [0.3, 0.4) is 0 Å². The average Bonchev–Trinajstić information content (AvgIpc) is 2.65. The first-order valence-electron chi connectivity index (χ1n) is 7.72. The van der Waals surface area contributed by atoms with Crippen molar-refractivity contribution in [3.8, 4) is 0 Å². The molecule has 0 radical (unpaired) electrons. The summed E-state index contributed by atoms with van der Waals surface area (Å²) in [5, 5.41) is 2.57. The molecule has 1 unspecified atom stereocenters. The first kappa shape index (κ1) is 18.8. The van der Waals surface area contributed by atoms with Crippen molar-refractivity contribution in [1.29, 1.82) is 0 Å². The Morgan fingerprint density at radius 1 is 1.20 bits per heavy atom. The Morgan fingerprint density at radius 3 is 2.48 bits per heavy atom. The maximum atomic E-state index is 12.1. The average molecular weight is 361 g/mol. The van der Waals surface area contributed by atoms with Crippen LogP contribution in [0, 0.1) is 0 Å². The molecule has 0 saturated carbocycles. The monoisotopic (exact) mass is 361 g/mol. The molecule has 25 heavy (non-hydrogen) atoms. The number of aldehydes is 1. The summed E-state index contributed by atoms with van der Waals surface area (Å²) in [6, 6.07) is 10.6. The second-order valence-electron chi connectivity index (χ2n) is 5.30. The van der Waals surface area contributed by atoms with Crippen LogP contribution in [0.5, 0.6) is 0 Å². The molecule has 0 spiro atoms. The lowest BCUT2D eigenvalue weighted by molar-refractivity contribution is -0.109. The summed E-state index contributed by atoms with van der Waals surface area (Å²) in [7, 11) is -3.62. The van der Waals surface area contributed by atoms with E-state index in [9.17, 15) is 18.0 Å². The van der Waals surface area contributed by atoms with Gasteiger partial charge in [-0.1, -0.05) is 25.1 Å². The Bertz CT molecular complexity index is 821. The quantitative estimate of drug-likeness (QED) is 0.689. The van der Waals surface area contributed by atoms with Crippen LogP contribution < -0.4 is 10.0 Å². The molecule has 1 amide bonds. The highest BCUT2D eigenvalue weighted by Gasteiger charge is 2.14. The van der Waals surface area contributed by atoms with E-state index in [0.717, 1.165) is 0 Å². The number of hydrogen-bond donors (Lipinski definition) is 2. The Kier molecular flexibility index (Phi) is 6.37. The van der Waals surface area contributed by atoms with Crippen LogP contribution in [0.25, 0.3) is 0 Å². The molecular formula is C17H19N3O4S. The molecule has 1 aromatic heterocycles. The van der Waals surface area contributed by atoms with Gasteiger partial charge in [-0.15, -0.1) is 0 Å². The number of carbonyl (C=O) groups is 2. The van der Waals surface area contributed by atoms with Crippen molar-refractivity contribution >= 4 is 22.2 Å². The van der Waals surface area contributed by atoms with Gasteiger partial charge in [0.15, 0.2) is 0 Å². The van der Waals surface area contributed by atoms with Gasteiger partial charge in [-0.25, -0.2) is 13.1 Å². The van der Waals surface area contributed by atoms with Gasteiger partial charge in [0.1, 0.15) is 6.29 Å². The van der Waals surface area contributed by atoms with Crippen LogP contribution >= 0.6 is 0 Å². The Morgan fingerprint density at radius 2 is 1.92 bits per heavy atom. The van der Waals surface area contributed by atoms with Gasteiger partial charge in [0.2, 0.25) is 10.0 Å². The fourth-order valence-corrected chi connectivity index (χ4v) is 3.02. The molecule has 0 aliphatic rings. The van der Waals surface area contributed by atoms with Crippen molar-refractivity contribution in [1.82, 2.24) is 15.0 Å². The van der Waals surface area contributed by atoms with E-state index in [1.807, 2.05) is 0 Å². The van der Waals surface area contributed by atoms with E-state index in [-0.39, 0.29) is 11.4 Å². The molecular weight excluding hydrogens is 342 g/mol.